The molecule has 8 heteroatoms. The summed E-state index contributed by atoms with van der Waals surface area (Å²) in [6.07, 6.45) is 1.79. The van der Waals surface area contributed by atoms with Gasteiger partial charge in [-0.3, -0.25) is 14.6 Å². The summed E-state index contributed by atoms with van der Waals surface area (Å²) in [5, 5.41) is 10.5. The number of ether oxygens (including phenoxy) is 1. The summed E-state index contributed by atoms with van der Waals surface area (Å²) in [6.45, 7) is 0.186. The third kappa shape index (κ3) is 4.57. The molecular weight excluding hydrogens is 435 g/mol. The van der Waals surface area contributed by atoms with Crippen molar-refractivity contribution in [2.75, 3.05) is 19.7 Å². The summed E-state index contributed by atoms with van der Waals surface area (Å²) in [5.41, 5.74) is 0.716. The van der Waals surface area contributed by atoms with E-state index in [1.54, 1.807) is 24.3 Å². The minimum Gasteiger partial charge on any atom is -0.491 e. The Labute approximate surface area is 189 Å². The molecule has 4 rings (SSSR count). The van der Waals surface area contributed by atoms with Gasteiger partial charge < -0.3 is 14.7 Å². The van der Waals surface area contributed by atoms with Gasteiger partial charge in [0.05, 0.1) is 11.9 Å². The number of amides is 1. The Morgan fingerprint density at radius 3 is 2.44 bits per heavy atom. The summed E-state index contributed by atoms with van der Waals surface area (Å²) in [4.78, 5) is 30.6. The van der Waals surface area contributed by atoms with Crippen LogP contribution in [0.3, 0.4) is 0 Å². The molecule has 1 fully saturated rings. The van der Waals surface area contributed by atoms with Crippen LogP contribution in [-0.2, 0) is 4.79 Å². The highest BCUT2D eigenvalue weighted by atomic mass is 35.5. The lowest BCUT2D eigenvalue weighted by atomic mass is 9.88. The molecule has 2 aromatic carbocycles. The van der Waals surface area contributed by atoms with Gasteiger partial charge >= 0.3 is 5.97 Å². The van der Waals surface area contributed by atoms with Gasteiger partial charge in [-0.25, -0.2) is 4.39 Å². The number of hydrogen-bond donors (Lipinski definition) is 1. The number of benzene rings is 2. The number of rotatable bonds is 6. The highest BCUT2D eigenvalue weighted by Gasteiger charge is 2.47. The van der Waals surface area contributed by atoms with E-state index in [1.165, 1.54) is 35.4 Å². The molecular formula is C24H20ClFN2O4. The summed E-state index contributed by atoms with van der Waals surface area (Å²) >= 11 is 5.91. The van der Waals surface area contributed by atoms with E-state index >= 15 is 0 Å². The number of carboxylic acid groups (broad SMARTS) is 1. The molecule has 1 atom stereocenters. The zero-order chi connectivity index (χ0) is 22.7. The van der Waals surface area contributed by atoms with E-state index in [9.17, 15) is 19.1 Å². The second-order valence-corrected chi connectivity index (χ2v) is 8.18. The standard InChI is InChI=1S/C24H20ClFN2O4/c25-18-5-1-16(2-6-18)21-10-9-20(13-27-21)32-15-24(23(30)31)11-12-28(14-24)22(29)17-3-7-19(26)8-4-17/h1-10,13H,11-12,14-15H2,(H,30,31). The number of carbonyl (C=O) groups is 2. The van der Waals surface area contributed by atoms with Crippen molar-refractivity contribution in [3.8, 4) is 17.0 Å². The van der Waals surface area contributed by atoms with E-state index in [-0.39, 0.29) is 32.0 Å². The van der Waals surface area contributed by atoms with Gasteiger partial charge in [-0.05, 0) is 55.0 Å². The van der Waals surface area contributed by atoms with Crippen LogP contribution in [0.5, 0.6) is 5.75 Å². The van der Waals surface area contributed by atoms with Crippen molar-refractivity contribution >= 4 is 23.5 Å². The average molecular weight is 455 g/mol. The molecule has 3 aromatic rings. The van der Waals surface area contributed by atoms with Gasteiger partial charge in [-0.2, -0.15) is 0 Å². The third-order valence-electron chi connectivity index (χ3n) is 5.58. The van der Waals surface area contributed by atoms with E-state index in [0.29, 0.717) is 16.3 Å². The van der Waals surface area contributed by atoms with Crippen LogP contribution in [-0.4, -0.2) is 46.6 Å². The number of hydrogen-bond acceptors (Lipinski definition) is 4. The fourth-order valence-electron chi connectivity index (χ4n) is 3.65. The number of aromatic nitrogens is 1. The molecule has 2 heterocycles. The molecule has 1 aliphatic heterocycles. The quantitative estimate of drug-likeness (QED) is 0.591. The highest BCUT2D eigenvalue weighted by molar-refractivity contribution is 6.30. The van der Waals surface area contributed by atoms with Crippen LogP contribution < -0.4 is 4.74 Å². The van der Waals surface area contributed by atoms with Crippen molar-refractivity contribution < 1.29 is 23.8 Å². The molecule has 1 saturated heterocycles. The molecule has 1 N–H and O–H groups in total. The molecule has 0 aliphatic carbocycles. The summed E-state index contributed by atoms with van der Waals surface area (Å²) < 4.78 is 18.9. The smallest absolute Gasteiger partial charge is 0.315 e. The topological polar surface area (TPSA) is 79.7 Å². The Hall–Kier alpha value is -3.45. The van der Waals surface area contributed by atoms with Crippen LogP contribution in [0, 0.1) is 11.2 Å². The zero-order valence-electron chi connectivity index (χ0n) is 17.0. The van der Waals surface area contributed by atoms with Gasteiger partial charge in [0.1, 0.15) is 23.6 Å². The fraction of sp³-hybridized carbons (Fsp3) is 0.208. The normalized spacial score (nSPS) is 17.9. The van der Waals surface area contributed by atoms with Gasteiger partial charge in [0.25, 0.3) is 5.91 Å². The molecule has 1 amide bonds. The van der Waals surface area contributed by atoms with Gasteiger partial charge in [-0.1, -0.05) is 23.7 Å². The lowest BCUT2D eigenvalue weighted by Crippen LogP contribution is -2.41. The van der Waals surface area contributed by atoms with E-state index < -0.39 is 17.2 Å². The Balaban J connectivity index is 1.42. The SMILES string of the molecule is O=C(c1ccc(F)cc1)N1CCC(COc2ccc(-c3ccc(Cl)cc3)nc2)(C(=O)O)C1. The van der Waals surface area contributed by atoms with E-state index in [2.05, 4.69) is 4.98 Å². The van der Waals surface area contributed by atoms with Crippen LogP contribution in [0.2, 0.25) is 5.02 Å². The number of nitrogens with zero attached hydrogens (tertiary/aromatic N) is 2. The molecule has 0 saturated carbocycles. The van der Waals surface area contributed by atoms with Gasteiger partial charge in [0, 0.05) is 29.2 Å². The van der Waals surface area contributed by atoms with Gasteiger partial charge in [0.15, 0.2) is 0 Å². The van der Waals surface area contributed by atoms with Crippen LogP contribution in [0.15, 0.2) is 66.9 Å². The first-order valence-electron chi connectivity index (χ1n) is 9.99. The van der Waals surface area contributed by atoms with E-state index in [4.69, 9.17) is 16.3 Å². The van der Waals surface area contributed by atoms with Crippen LogP contribution in [0.4, 0.5) is 4.39 Å². The first-order chi connectivity index (χ1) is 15.4. The van der Waals surface area contributed by atoms with Crippen molar-refractivity contribution in [3.63, 3.8) is 0 Å². The lowest BCUT2D eigenvalue weighted by molar-refractivity contribution is -0.149. The number of likely N-dealkylation sites (tertiary alicyclic amines) is 1. The summed E-state index contributed by atoms with van der Waals surface area (Å²) in [6, 6.07) is 16.0. The number of pyridine rings is 1. The molecule has 6 nitrogen and oxygen atoms in total. The molecule has 0 radical (unpaired) electrons. The van der Waals surface area contributed by atoms with Crippen molar-refractivity contribution in [2.24, 2.45) is 5.41 Å². The molecule has 0 bridgehead atoms. The van der Waals surface area contributed by atoms with Crippen molar-refractivity contribution in [1.29, 1.82) is 0 Å². The van der Waals surface area contributed by atoms with Crippen LogP contribution >= 0.6 is 11.6 Å². The first kappa shape index (κ1) is 21.8. The predicted molar refractivity (Wildman–Crippen MR) is 117 cm³/mol. The first-order valence-corrected chi connectivity index (χ1v) is 10.4. The monoisotopic (exact) mass is 454 g/mol. The van der Waals surface area contributed by atoms with E-state index in [1.807, 2.05) is 12.1 Å². The highest BCUT2D eigenvalue weighted by Crippen LogP contribution is 2.33. The largest absolute Gasteiger partial charge is 0.491 e. The predicted octanol–water partition coefficient (Wildman–Crippen LogP) is 4.54. The number of aliphatic carboxylic acids is 1. The molecule has 0 spiro atoms. The lowest BCUT2D eigenvalue weighted by Gasteiger charge is -2.25. The Bertz CT molecular complexity index is 1120. The Kier molecular flexibility index (Phi) is 6.10. The Morgan fingerprint density at radius 1 is 1.09 bits per heavy atom. The minimum absolute atomic E-state index is 0.00876. The minimum atomic E-state index is -1.23. The number of carboxylic acids is 1. The van der Waals surface area contributed by atoms with Gasteiger partial charge in [-0.15, -0.1) is 0 Å². The average Bonchev–Trinajstić information content (AvgIpc) is 3.25. The van der Waals surface area contributed by atoms with Crippen molar-refractivity contribution in [1.82, 2.24) is 9.88 Å². The molecule has 1 aromatic heterocycles. The van der Waals surface area contributed by atoms with Gasteiger partial charge in [0.2, 0.25) is 0 Å². The summed E-state index contributed by atoms with van der Waals surface area (Å²) in [7, 11) is 0. The van der Waals surface area contributed by atoms with Crippen LogP contribution in [0.25, 0.3) is 11.3 Å². The zero-order valence-corrected chi connectivity index (χ0v) is 17.8. The van der Waals surface area contributed by atoms with E-state index in [0.717, 1.165) is 11.3 Å². The second-order valence-electron chi connectivity index (χ2n) is 7.74. The molecule has 164 valence electrons. The number of carbonyl (C=O) groups excluding carboxylic acids is 1. The summed E-state index contributed by atoms with van der Waals surface area (Å²) in [5.74, 6) is -1.36. The second kappa shape index (κ2) is 8.96. The molecule has 1 unspecified atom stereocenters. The van der Waals surface area contributed by atoms with Crippen LogP contribution in [0.1, 0.15) is 16.8 Å². The third-order valence-corrected chi connectivity index (χ3v) is 5.83. The molecule has 32 heavy (non-hydrogen) atoms. The Morgan fingerprint density at radius 2 is 1.81 bits per heavy atom. The molecule has 1 aliphatic rings. The maximum atomic E-state index is 13.1. The van der Waals surface area contributed by atoms with Crippen molar-refractivity contribution in [3.05, 3.63) is 83.3 Å². The maximum absolute atomic E-state index is 13.1. The fourth-order valence-corrected chi connectivity index (χ4v) is 3.78. The number of halogens is 2. The van der Waals surface area contributed by atoms with Crippen molar-refractivity contribution in [2.45, 2.75) is 6.42 Å². The maximum Gasteiger partial charge on any atom is 0.315 e.